The first kappa shape index (κ1) is 18.2. The summed E-state index contributed by atoms with van der Waals surface area (Å²) in [5.74, 6) is -1.55. The minimum atomic E-state index is -1.04. The monoisotopic (exact) mass is 382 g/mol. The number of nitrogens with one attached hydrogen (secondary N) is 2. The van der Waals surface area contributed by atoms with Crippen LogP contribution in [0.15, 0.2) is 42.5 Å². The third-order valence-corrected chi connectivity index (χ3v) is 4.25. The van der Waals surface area contributed by atoms with E-state index in [1.807, 2.05) is 0 Å². The number of amides is 1. The van der Waals surface area contributed by atoms with Crippen molar-refractivity contribution in [3.8, 4) is 0 Å². The summed E-state index contributed by atoms with van der Waals surface area (Å²) in [5, 5.41) is 15.0. The Morgan fingerprint density at radius 3 is 2.38 bits per heavy atom. The van der Waals surface area contributed by atoms with Crippen molar-refractivity contribution in [2.24, 2.45) is 0 Å². The van der Waals surface area contributed by atoms with Crippen molar-refractivity contribution in [1.82, 2.24) is 5.32 Å². The summed E-state index contributed by atoms with van der Waals surface area (Å²) >= 11 is 17.0. The average molecular weight is 383 g/mol. The molecule has 0 unspecified atom stereocenters. The van der Waals surface area contributed by atoms with Crippen LogP contribution in [0.4, 0.5) is 5.69 Å². The Morgan fingerprint density at radius 2 is 1.75 bits per heavy atom. The lowest BCUT2D eigenvalue weighted by Gasteiger charge is -2.10. The number of rotatable bonds is 4. The van der Waals surface area contributed by atoms with E-state index in [4.69, 9.17) is 40.5 Å². The highest BCUT2D eigenvalue weighted by atomic mass is 35.5. The zero-order valence-electron chi connectivity index (χ0n) is 12.2. The second-order valence-corrected chi connectivity index (χ2v) is 5.93. The van der Waals surface area contributed by atoms with Crippen LogP contribution in [0.3, 0.4) is 0 Å². The van der Waals surface area contributed by atoms with Gasteiger partial charge >= 0.3 is 5.97 Å². The van der Waals surface area contributed by atoms with Gasteiger partial charge < -0.3 is 15.7 Å². The predicted octanol–water partition coefficient (Wildman–Crippen LogP) is 3.75. The molecule has 8 heteroatoms. The largest absolute Gasteiger partial charge is 0.478 e. The molecular formula is C16H12Cl2N2O3S. The smallest absolute Gasteiger partial charge is 0.335 e. The molecule has 0 aliphatic rings. The molecular weight excluding hydrogens is 371 g/mol. The highest BCUT2D eigenvalue weighted by molar-refractivity contribution is 7.82. The fraction of sp³-hybridized carbons (Fsp3) is 0.0625. The number of carboxylic acid groups (broad SMARTS) is 1. The van der Waals surface area contributed by atoms with E-state index in [0.717, 1.165) is 0 Å². The van der Waals surface area contributed by atoms with Crippen LogP contribution in [-0.2, 0) is 11.3 Å². The molecule has 2 aromatic carbocycles. The number of thiocarbonyl (C=S) groups is 1. The highest BCUT2D eigenvalue weighted by Gasteiger charge is 2.11. The number of hydrogen-bond acceptors (Lipinski definition) is 3. The van der Waals surface area contributed by atoms with Crippen LogP contribution < -0.4 is 10.6 Å². The second kappa shape index (κ2) is 8.10. The molecule has 24 heavy (non-hydrogen) atoms. The quantitative estimate of drug-likeness (QED) is 0.701. The van der Waals surface area contributed by atoms with Crippen LogP contribution >= 0.6 is 35.4 Å². The van der Waals surface area contributed by atoms with Gasteiger partial charge in [0.2, 0.25) is 0 Å². The summed E-state index contributed by atoms with van der Waals surface area (Å²) in [7, 11) is 0. The Bertz CT molecular complexity index is 794. The van der Waals surface area contributed by atoms with Crippen LogP contribution in [0, 0.1) is 0 Å². The highest BCUT2D eigenvalue weighted by Crippen LogP contribution is 2.25. The Labute approximate surface area is 153 Å². The Kier molecular flexibility index (Phi) is 6.14. The van der Waals surface area contributed by atoms with Crippen molar-refractivity contribution >= 4 is 58.0 Å². The van der Waals surface area contributed by atoms with Gasteiger partial charge in [-0.2, -0.15) is 0 Å². The zero-order chi connectivity index (χ0) is 17.7. The lowest BCUT2D eigenvalue weighted by molar-refractivity contribution is -0.110. The average Bonchev–Trinajstić information content (AvgIpc) is 2.56. The van der Waals surface area contributed by atoms with Crippen LogP contribution in [0.1, 0.15) is 15.9 Å². The van der Waals surface area contributed by atoms with Crippen LogP contribution in [-0.4, -0.2) is 22.0 Å². The Hall–Kier alpha value is -2.15. The first-order valence-electron chi connectivity index (χ1n) is 6.74. The molecule has 0 bridgehead atoms. The Balaban J connectivity index is 1.93. The van der Waals surface area contributed by atoms with Gasteiger partial charge in [0.25, 0.3) is 5.91 Å². The van der Waals surface area contributed by atoms with Gasteiger partial charge in [0, 0.05) is 12.2 Å². The number of carbonyl (C=O) groups is 2. The fourth-order valence-electron chi connectivity index (χ4n) is 1.82. The first-order chi connectivity index (χ1) is 11.4. The van der Waals surface area contributed by atoms with E-state index < -0.39 is 11.9 Å². The van der Waals surface area contributed by atoms with Gasteiger partial charge in [-0.05, 0) is 35.9 Å². The summed E-state index contributed by atoms with van der Waals surface area (Å²) in [6.07, 6.45) is 0. The van der Waals surface area contributed by atoms with Crippen LogP contribution in [0.25, 0.3) is 0 Å². The fourth-order valence-corrected chi connectivity index (χ4v) is 2.33. The van der Waals surface area contributed by atoms with Gasteiger partial charge in [0.15, 0.2) is 4.99 Å². The summed E-state index contributed by atoms with van der Waals surface area (Å²) in [6.45, 7) is 0.254. The molecule has 0 saturated heterocycles. The van der Waals surface area contributed by atoms with E-state index in [1.54, 1.807) is 18.2 Å². The van der Waals surface area contributed by atoms with E-state index in [1.165, 1.54) is 24.3 Å². The minimum absolute atomic E-state index is 0.0200. The third kappa shape index (κ3) is 4.67. The van der Waals surface area contributed by atoms with Crippen LogP contribution in [0.5, 0.6) is 0 Å². The van der Waals surface area contributed by atoms with Gasteiger partial charge in [-0.25, -0.2) is 4.79 Å². The van der Waals surface area contributed by atoms with Crippen molar-refractivity contribution in [3.05, 3.63) is 63.6 Å². The number of anilines is 1. The molecule has 0 aliphatic carbocycles. The number of carbonyl (C=O) groups excluding carboxylic acids is 1. The molecule has 0 aliphatic heterocycles. The van der Waals surface area contributed by atoms with Gasteiger partial charge in [0.1, 0.15) is 0 Å². The lowest BCUT2D eigenvalue weighted by Crippen LogP contribution is -2.33. The molecule has 0 radical (unpaired) electrons. The van der Waals surface area contributed by atoms with Crippen molar-refractivity contribution in [2.75, 3.05) is 5.32 Å². The number of halogens is 2. The van der Waals surface area contributed by atoms with Crippen molar-refractivity contribution < 1.29 is 14.7 Å². The zero-order valence-corrected chi connectivity index (χ0v) is 14.5. The standard InChI is InChI=1S/C16H12Cl2N2O3S/c17-12-3-1-2-10(13(12)18)8-19-15(24)14(21)20-11-6-4-9(5-7-11)16(22)23/h1-7H,8H2,(H,19,24)(H,20,21)(H,22,23). The maximum Gasteiger partial charge on any atom is 0.335 e. The third-order valence-electron chi connectivity index (χ3n) is 3.07. The molecule has 0 spiro atoms. The van der Waals surface area contributed by atoms with Crippen molar-refractivity contribution in [1.29, 1.82) is 0 Å². The molecule has 3 N–H and O–H groups in total. The molecule has 2 rings (SSSR count). The van der Waals surface area contributed by atoms with Gasteiger partial charge in [0.05, 0.1) is 15.6 Å². The second-order valence-electron chi connectivity index (χ2n) is 4.73. The molecule has 0 atom stereocenters. The topological polar surface area (TPSA) is 78.4 Å². The number of carboxylic acids is 1. The van der Waals surface area contributed by atoms with Gasteiger partial charge in [-0.1, -0.05) is 47.6 Å². The SMILES string of the molecule is O=C(Nc1ccc(C(=O)O)cc1)C(=S)NCc1cccc(Cl)c1Cl. The predicted molar refractivity (Wildman–Crippen MR) is 97.9 cm³/mol. The molecule has 5 nitrogen and oxygen atoms in total. The van der Waals surface area contributed by atoms with Crippen molar-refractivity contribution in [3.63, 3.8) is 0 Å². The van der Waals surface area contributed by atoms with Gasteiger partial charge in [-0.3, -0.25) is 4.79 Å². The van der Waals surface area contributed by atoms with E-state index >= 15 is 0 Å². The normalized spacial score (nSPS) is 10.1. The number of benzene rings is 2. The molecule has 2 aromatic rings. The summed E-state index contributed by atoms with van der Waals surface area (Å²) in [6, 6.07) is 10.9. The van der Waals surface area contributed by atoms with E-state index in [9.17, 15) is 9.59 Å². The molecule has 124 valence electrons. The molecule has 1 amide bonds. The van der Waals surface area contributed by atoms with Crippen LogP contribution in [0.2, 0.25) is 10.0 Å². The maximum atomic E-state index is 12.0. The Morgan fingerprint density at radius 1 is 1.08 bits per heavy atom. The summed E-state index contributed by atoms with van der Waals surface area (Å²) in [5.41, 5.74) is 1.28. The van der Waals surface area contributed by atoms with E-state index in [-0.39, 0.29) is 17.1 Å². The maximum absolute atomic E-state index is 12.0. The minimum Gasteiger partial charge on any atom is -0.478 e. The lowest BCUT2D eigenvalue weighted by atomic mass is 10.2. The summed E-state index contributed by atoms with van der Waals surface area (Å²) in [4.78, 5) is 22.8. The number of aromatic carboxylic acids is 1. The van der Waals surface area contributed by atoms with Gasteiger partial charge in [-0.15, -0.1) is 0 Å². The summed E-state index contributed by atoms with van der Waals surface area (Å²) < 4.78 is 0. The van der Waals surface area contributed by atoms with E-state index in [2.05, 4.69) is 10.6 Å². The van der Waals surface area contributed by atoms with E-state index in [0.29, 0.717) is 21.3 Å². The molecule has 0 aromatic heterocycles. The number of hydrogen-bond donors (Lipinski definition) is 3. The first-order valence-corrected chi connectivity index (χ1v) is 7.90. The van der Waals surface area contributed by atoms with Crippen molar-refractivity contribution in [2.45, 2.75) is 6.54 Å². The molecule has 0 fully saturated rings. The molecule has 0 heterocycles. The molecule has 0 saturated carbocycles.